The van der Waals surface area contributed by atoms with Gasteiger partial charge in [-0.25, -0.2) is 13.6 Å². The van der Waals surface area contributed by atoms with E-state index in [1.807, 2.05) is 17.7 Å². The Labute approximate surface area is 196 Å². The summed E-state index contributed by atoms with van der Waals surface area (Å²) < 4.78 is 24.3. The number of hydrogen-bond acceptors (Lipinski definition) is 5. The van der Waals surface area contributed by atoms with Crippen LogP contribution < -0.4 is 5.14 Å². The SMILES string of the molecule is C[C@@H]1CN(C(=O)Cc2cscc2Br)CCCN1C(=O)c1ccc(S(N)(=O)=O)cc1Br. The van der Waals surface area contributed by atoms with Crippen molar-refractivity contribution in [2.24, 2.45) is 5.14 Å². The van der Waals surface area contributed by atoms with Gasteiger partial charge in [0.05, 0.1) is 16.9 Å². The highest BCUT2D eigenvalue weighted by atomic mass is 79.9. The van der Waals surface area contributed by atoms with Crippen LogP contribution in [0.4, 0.5) is 0 Å². The van der Waals surface area contributed by atoms with Gasteiger partial charge in [-0.05, 0) is 74.3 Å². The van der Waals surface area contributed by atoms with Crippen LogP contribution in [0.3, 0.4) is 0 Å². The molecular weight excluding hydrogens is 558 g/mol. The predicted molar refractivity (Wildman–Crippen MR) is 123 cm³/mol. The molecule has 1 atom stereocenters. The number of sulfonamides is 1. The molecule has 7 nitrogen and oxygen atoms in total. The minimum atomic E-state index is -3.85. The van der Waals surface area contributed by atoms with Gasteiger partial charge in [-0.2, -0.15) is 11.3 Å². The summed E-state index contributed by atoms with van der Waals surface area (Å²) in [5, 5.41) is 9.07. The van der Waals surface area contributed by atoms with Gasteiger partial charge in [0.25, 0.3) is 5.91 Å². The second-order valence-electron chi connectivity index (χ2n) is 7.15. The molecule has 1 saturated heterocycles. The van der Waals surface area contributed by atoms with E-state index in [1.54, 1.807) is 21.1 Å². The van der Waals surface area contributed by atoms with Gasteiger partial charge < -0.3 is 9.80 Å². The third kappa shape index (κ3) is 5.31. The van der Waals surface area contributed by atoms with Gasteiger partial charge >= 0.3 is 0 Å². The molecule has 0 aliphatic carbocycles. The lowest BCUT2D eigenvalue weighted by Crippen LogP contribution is -2.44. The van der Waals surface area contributed by atoms with E-state index in [0.29, 0.717) is 42.5 Å². The Hall–Kier alpha value is -1.27. The average molecular weight is 579 g/mol. The van der Waals surface area contributed by atoms with Crippen molar-refractivity contribution in [3.05, 3.63) is 49.0 Å². The van der Waals surface area contributed by atoms with Gasteiger partial charge in [-0.3, -0.25) is 9.59 Å². The number of rotatable bonds is 4. The van der Waals surface area contributed by atoms with Crippen LogP contribution in [-0.4, -0.2) is 55.7 Å². The number of thiophene rings is 1. The van der Waals surface area contributed by atoms with E-state index in [-0.39, 0.29) is 22.8 Å². The summed E-state index contributed by atoms with van der Waals surface area (Å²) in [5.41, 5.74) is 1.32. The molecule has 30 heavy (non-hydrogen) atoms. The fourth-order valence-electron chi connectivity index (χ4n) is 3.40. The summed E-state index contributed by atoms with van der Waals surface area (Å²) in [6, 6.07) is 3.93. The maximum Gasteiger partial charge on any atom is 0.255 e. The van der Waals surface area contributed by atoms with E-state index in [0.717, 1.165) is 10.0 Å². The molecule has 2 heterocycles. The highest BCUT2D eigenvalue weighted by Crippen LogP contribution is 2.25. The third-order valence-corrected chi connectivity index (χ3v) is 8.39. The summed E-state index contributed by atoms with van der Waals surface area (Å²) in [5.74, 6) is -0.181. The summed E-state index contributed by atoms with van der Waals surface area (Å²) in [7, 11) is -3.85. The van der Waals surface area contributed by atoms with E-state index in [1.165, 1.54) is 18.2 Å². The first-order chi connectivity index (χ1) is 14.1. The molecule has 1 aromatic heterocycles. The molecule has 0 bridgehead atoms. The molecule has 2 amide bonds. The van der Waals surface area contributed by atoms with Crippen molar-refractivity contribution in [1.82, 2.24) is 9.80 Å². The Morgan fingerprint density at radius 1 is 1.20 bits per heavy atom. The van der Waals surface area contributed by atoms with Crippen LogP contribution in [0.25, 0.3) is 0 Å². The highest BCUT2D eigenvalue weighted by molar-refractivity contribution is 9.10. The maximum atomic E-state index is 13.1. The largest absolute Gasteiger partial charge is 0.340 e. The van der Waals surface area contributed by atoms with Crippen LogP contribution in [0, 0.1) is 0 Å². The van der Waals surface area contributed by atoms with Crippen molar-refractivity contribution in [2.45, 2.75) is 30.7 Å². The van der Waals surface area contributed by atoms with Gasteiger partial charge in [0.15, 0.2) is 0 Å². The van der Waals surface area contributed by atoms with Gasteiger partial charge in [-0.15, -0.1) is 0 Å². The smallest absolute Gasteiger partial charge is 0.255 e. The predicted octanol–water partition coefficient (Wildman–Crippen LogP) is 3.23. The summed E-state index contributed by atoms with van der Waals surface area (Å²) >= 11 is 8.29. The quantitative estimate of drug-likeness (QED) is 0.602. The molecule has 1 aliphatic heterocycles. The molecule has 1 aromatic carbocycles. The van der Waals surface area contributed by atoms with Crippen molar-refractivity contribution in [2.75, 3.05) is 19.6 Å². The van der Waals surface area contributed by atoms with Crippen LogP contribution in [0.5, 0.6) is 0 Å². The van der Waals surface area contributed by atoms with Gasteiger partial charge in [0.1, 0.15) is 0 Å². The number of carbonyl (C=O) groups excluding carboxylic acids is 2. The lowest BCUT2D eigenvalue weighted by Gasteiger charge is -2.29. The average Bonchev–Trinajstić information content (AvgIpc) is 2.95. The summed E-state index contributed by atoms with van der Waals surface area (Å²) in [6.45, 7) is 3.45. The van der Waals surface area contributed by atoms with E-state index in [9.17, 15) is 18.0 Å². The van der Waals surface area contributed by atoms with Crippen LogP contribution in [0.2, 0.25) is 0 Å². The number of nitrogens with zero attached hydrogens (tertiary/aromatic N) is 2. The first-order valence-corrected chi connectivity index (χ1v) is 13.3. The van der Waals surface area contributed by atoms with Crippen LogP contribution >= 0.6 is 43.2 Å². The Bertz CT molecular complexity index is 1070. The first kappa shape index (κ1) is 23.4. The fourth-order valence-corrected chi connectivity index (χ4v) is 6.08. The minimum absolute atomic E-state index is 0.0361. The number of nitrogens with two attached hydrogens (primary N) is 1. The highest BCUT2D eigenvalue weighted by Gasteiger charge is 2.29. The second-order valence-corrected chi connectivity index (χ2v) is 11.2. The molecule has 2 aromatic rings. The molecule has 0 spiro atoms. The zero-order valence-corrected chi connectivity index (χ0v) is 21.0. The van der Waals surface area contributed by atoms with Crippen LogP contribution in [-0.2, 0) is 21.2 Å². The number of carbonyl (C=O) groups is 2. The van der Waals surface area contributed by atoms with Crippen molar-refractivity contribution in [1.29, 1.82) is 0 Å². The number of primary sulfonamides is 1. The van der Waals surface area contributed by atoms with E-state index in [2.05, 4.69) is 31.9 Å². The molecule has 11 heteroatoms. The molecule has 2 N–H and O–H groups in total. The zero-order valence-electron chi connectivity index (χ0n) is 16.2. The minimum Gasteiger partial charge on any atom is -0.340 e. The lowest BCUT2D eigenvalue weighted by atomic mass is 10.1. The topological polar surface area (TPSA) is 101 Å². The Kier molecular flexibility index (Phi) is 7.39. The Balaban J connectivity index is 1.73. The molecule has 3 rings (SSSR count). The van der Waals surface area contributed by atoms with E-state index < -0.39 is 10.0 Å². The summed E-state index contributed by atoms with van der Waals surface area (Å²) in [6.07, 6.45) is 0.991. The summed E-state index contributed by atoms with van der Waals surface area (Å²) in [4.78, 5) is 29.4. The van der Waals surface area contributed by atoms with Crippen molar-refractivity contribution in [3.8, 4) is 0 Å². The van der Waals surface area contributed by atoms with E-state index in [4.69, 9.17) is 5.14 Å². The second kappa shape index (κ2) is 9.47. The first-order valence-electron chi connectivity index (χ1n) is 9.19. The molecule has 0 radical (unpaired) electrons. The maximum absolute atomic E-state index is 13.1. The third-order valence-electron chi connectivity index (χ3n) is 4.99. The molecule has 162 valence electrons. The number of amides is 2. The van der Waals surface area contributed by atoms with Crippen molar-refractivity contribution < 1.29 is 18.0 Å². The van der Waals surface area contributed by atoms with Crippen molar-refractivity contribution in [3.63, 3.8) is 0 Å². The van der Waals surface area contributed by atoms with Crippen molar-refractivity contribution >= 4 is 65.0 Å². The zero-order chi connectivity index (χ0) is 22.1. The number of halogens is 2. The Morgan fingerprint density at radius 3 is 2.53 bits per heavy atom. The Morgan fingerprint density at radius 2 is 1.93 bits per heavy atom. The standard InChI is InChI=1S/C19H21Br2N3O4S2/c1-12-9-23(18(25)7-13-10-29-11-17(13)21)5-2-6-24(12)19(26)15-4-3-14(8-16(15)20)30(22,27)28/h3-4,8,10-12H,2,5-7,9H2,1H3,(H2,22,27,28)/t12-/m1/s1. The molecule has 0 saturated carbocycles. The van der Waals surface area contributed by atoms with Crippen LogP contribution in [0.15, 0.2) is 42.8 Å². The molecule has 0 unspecified atom stereocenters. The normalized spacial score (nSPS) is 17.7. The lowest BCUT2D eigenvalue weighted by molar-refractivity contribution is -0.130. The van der Waals surface area contributed by atoms with Gasteiger partial charge in [0, 0.05) is 40.0 Å². The fraction of sp³-hybridized carbons (Fsp3) is 0.368. The molecular formula is C19H21Br2N3O4S2. The van der Waals surface area contributed by atoms with Crippen LogP contribution in [0.1, 0.15) is 29.3 Å². The van der Waals surface area contributed by atoms with E-state index >= 15 is 0 Å². The van der Waals surface area contributed by atoms with Gasteiger partial charge in [0.2, 0.25) is 15.9 Å². The number of hydrogen-bond donors (Lipinski definition) is 1. The van der Waals surface area contributed by atoms with Gasteiger partial charge in [-0.1, -0.05) is 0 Å². The molecule has 1 fully saturated rings. The molecule has 1 aliphatic rings. The monoisotopic (exact) mass is 577 g/mol. The number of benzene rings is 1.